The van der Waals surface area contributed by atoms with E-state index in [-0.39, 0.29) is 11.8 Å². The maximum atomic E-state index is 11.9. The monoisotopic (exact) mass is 258 g/mol. The average Bonchev–Trinajstić information content (AvgIpc) is 3.23. The van der Waals surface area contributed by atoms with Gasteiger partial charge in [0.05, 0.1) is 11.1 Å². The fourth-order valence-electron chi connectivity index (χ4n) is 2.72. The first-order valence-corrected chi connectivity index (χ1v) is 6.84. The SMILES string of the molecule is CCC(Nc1ccc2c(c1)C(=O)N(C)C2=O)C1CC1. The van der Waals surface area contributed by atoms with Crippen LogP contribution >= 0.6 is 0 Å². The molecule has 1 aliphatic carbocycles. The topological polar surface area (TPSA) is 49.4 Å². The van der Waals surface area contributed by atoms with Gasteiger partial charge in [0.25, 0.3) is 11.8 Å². The zero-order chi connectivity index (χ0) is 13.6. The van der Waals surface area contributed by atoms with Gasteiger partial charge in [0.1, 0.15) is 0 Å². The van der Waals surface area contributed by atoms with E-state index in [1.54, 1.807) is 6.07 Å². The number of rotatable bonds is 4. The van der Waals surface area contributed by atoms with Crippen LogP contribution in [0.15, 0.2) is 18.2 Å². The van der Waals surface area contributed by atoms with Crippen LogP contribution in [-0.4, -0.2) is 29.8 Å². The Bertz CT molecular complexity index is 549. The summed E-state index contributed by atoms with van der Waals surface area (Å²) in [5.74, 6) is 0.349. The minimum Gasteiger partial charge on any atom is -0.382 e. The first kappa shape index (κ1) is 12.2. The zero-order valence-electron chi connectivity index (χ0n) is 11.3. The molecule has 1 aromatic rings. The fourth-order valence-corrected chi connectivity index (χ4v) is 2.72. The molecule has 3 rings (SSSR count). The maximum Gasteiger partial charge on any atom is 0.261 e. The third kappa shape index (κ3) is 2.01. The van der Waals surface area contributed by atoms with Crippen LogP contribution in [0.1, 0.15) is 46.9 Å². The van der Waals surface area contributed by atoms with Crippen LogP contribution in [0.2, 0.25) is 0 Å². The van der Waals surface area contributed by atoms with Gasteiger partial charge in [-0.3, -0.25) is 14.5 Å². The zero-order valence-corrected chi connectivity index (χ0v) is 11.3. The Balaban J connectivity index is 1.86. The largest absolute Gasteiger partial charge is 0.382 e. The van der Waals surface area contributed by atoms with Gasteiger partial charge in [-0.1, -0.05) is 6.92 Å². The number of hydrogen-bond acceptors (Lipinski definition) is 3. The lowest BCUT2D eigenvalue weighted by molar-refractivity contribution is 0.0693. The maximum absolute atomic E-state index is 11.9. The Morgan fingerprint density at radius 2 is 1.95 bits per heavy atom. The molecule has 0 spiro atoms. The lowest BCUT2D eigenvalue weighted by atomic mass is 10.1. The number of anilines is 1. The van der Waals surface area contributed by atoms with Gasteiger partial charge in [-0.25, -0.2) is 0 Å². The number of hydrogen-bond donors (Lipinski definition) is 1. The highest BCUT2D eigenvalue weighted by Gasteiger charge is 2.34. The number of carbonyl (C=O) groups is 2. The Morgan fingerprint density at radius 3 is 2.58 bits per heavy atom. The minimum absolute atomic E-state index is 0.205. The van der Waals surface area contributed by atoms with Crippen LogP contribution in [-0.2, 0) is 0 Å². The molecule has 1 aromatic carbocycles. The summed E-state index contributed by atoms with van der Waals surface area (Å²) < 4.78 is 0. The number of fused-ring (bicyclic) bond motifs is 1. The molecule has 100 valence electrons. The van der Waals surface area contributed by atoms with Crippen LogP contribution in [0.3, 0.4) is 0 Å². The summed E-state index contributed by atoms with van der Waals surface area (Å²) in [7, 11) is 1.52. The highest BCUT2D eigenvalue weighted by atomic mass is 16.2. The van der Waals surface area contributed by atoms with Crippen molar-refractivity contribution in [2.24, 2.45) is 5.92 Å². The van der Waals surface area contributed by atoms with Gasteiger partial charge < -0.3 is 5.32 Å². The second-order valence-corrected chi connectivity index (χ2v) is 5.43. The third-order valence-electron chi connectivity index (χ3n) is 4.07. The fraction of sp³-hybridized carbons (Fsp3) is 0.467. The van der Waals surface area contributed by atoms with Crippen LogP contribution in [0.5, 0.6) is 0 Å². The molecule has 0 bridgehead atoms. The summed E-state index contributed by atoms with van der Waals surface area (Å²) >= 11 is 0. The molecule has 4 heteroatoms. The highest BCUT2D eigenvalue weighted by Crippen LogP contribution is 2.36. The van der Waals surface area contributed by atoms with Crippen molar-refractivity contribution >= 4 is 17.5 Å². The Labute approximate surface area is 112 Å². The lowest BCUT2D eigenvalue weighted by Crippen LogP contribution is -2.24. The van der Waals surface area contributed by atoms with Gasteiger partial charge in [0, 0.05) is 18.8 Å². The molecule has 4 nitrogen and oxygen atoms in total. The van der Waals surface area contributed by atoms with E-state index in [1.165, 1.54) is 24.8 Å². The van der Waals surface area contributed by atoms with Gasteiger partial charge in [-0.2, -0.15) is 0 Å². The minimum atomic E-state index is -0.208. The summed E-state index contributed by atoms with van der Waals surface area (Å²) in [6.07, 6.45) is 3.65. The normalized spacial score (nSPS) is 19.6. The van der Waals surface area contributed by atoms with Gasteiger partial charge in [0.15, 0.2) is 0 Å². The van der Waals surface area contributed by atoms with E-state index in [0.717, 1.165) is 18.0 Å². The van der Waals surface area contributed by atoms with E-state index in [0.29, 0.717) is 17.2 Å². The molecule has 1 saturated carbocycles. The summed E-state index contributed by atoms with van der Waals surface area (Å²) in [5, 5.41) is 3.49. The van der Waals surface area contributed by atoms with Gasteiger partial charge >= 0.3 is 0 Å². The van der Waals surface area contributed by atoms with Crippen molar-refractivity contribution in [2.75, 3.05) is 12.4 Å². The molecule has 2 aliphatic rings. The standard InChI is InChI=1S/C15H18N2O2/c1-3-13(9-4-5-9)16-10-6-7-11-12(8-10)15(19)17(2)14(11)18/h6-9,13,16H,3-5H2,1-2H3. The Morgan fingerprint density at radius 1 is 1.26 bits per heavy atom. The molecule has 1 unspecified atom stereocenters. The van der Waals surface area contributed by atoms with E-state index >= 15 is 0 Å². The number of nitrogens with zero attached hydrogens (tertiary/aromatic N) is 1. The van der Waals surface area contributed by atoms with Crippen LogP contribution in [0.4, 0.5) is 5.69 Å². The van der Waals surface area contributed by atoms with Crippen LogP contribution in [0.25, 0.3) is 0 Å². The van der Waals surface area contributed by atoms with Crippen molar-refractivity contribution in [2.45, 2.75) is 32.2 Å². The predicted octanol–water partition coefficient (Wildman–Crippen LogP) is 2.51. The lowest BCUT2D eigenvalue weighted by Gasteiger charge is -2.17. The summed E-state index contributed by atoms with van der Waals surface area (Å²) in [5.41, 5.74) is 1.97. The molecule has 1 atom stereocenters. The number of imide groups is 1. The second kappa shape index (κ2) is 4.37. The molecule has 0 saturated heterocycles. The number of amides is 2. The molecule has 0 radical (unpaired) electrons. The molecule has 1 aliphatic heterocycles. The van der Waals surface area contributed by atoms with Crippen molar-refractivity contribution in [1.29, 1.82) is 0 Å². The van der Waals surface area contributed by atoms with E-state index in [9.17, 15) is 9.59 Å². The molecular formula is C15H18N2O2. The molecule has 1 heterocycles. The van der Waals surface area contributed by atoms with E-state index in [4.69, 9.17) is 0 Å². The van der Waals surface area contributed by atoms with Crippen molar-refractivity contribution in [3.05, 3.63) is 29.3 Å². The Hall–Kier alpha value is -1.84. The van der Waals surface area contributed by atoms with E-state index in [1.807, 2.05) is 12.1 Å². The third-order valence-corrected chi connectivity index (χ3v) is 4.07. The van der Waals surface area contributed by atoms with Crippen LogP contribution in [0, 0.1) is 5.92 Å². The van der Waals surface area contributed by atoms with E-state index in [2.05, 4.69) is 12.2 Å². The first-order chi connectivity index (χ1) is 9.11. The van der Waals surface area contributed by atoms with Gasteiger partial charge in [-0.15, -0.1) is 0 Å². The van der Waals surface area contributed by atoms with Gasteiger partial charge in [-0.05, 0) is 43.4 Å². The Kier molecular flexibility index (Phi) is 2.81. The molecule has 1 N–H and O–H groups in total. The quantitative estimate of drug-likeness (QED) is 0.844. The van der Waals surface area contributed by atoms with E-state index < -0.39 is 0 Å². The second-order valence-electron chi connectivity index (χ2n) is 5.43. The van der Waals surface area contributed by atoms with Crippen LogP contribution < -0.4 is 5.32 Å². The average molecular weight is 258 g/mol. The number of carbonyl (C=O) groups excluding carboxylic acids is 2. The number of benzene rings is 1. The molecule has 19 heavy (non-hydrogen) atoms. The van der Waals surface area contributed by atoms with Crippen molar-refractivity contribution in [3.63, 3.8) is 0 Å². The van der Waals surface area contributed by atoms with Crippen molar-refractivity contribution in [3.8, 4) is 0 Å². The molecular weight excluding hydrogens is 240 g/mol. The highest BCUT2D eigenvalue weighted by molar-refractivity contribution is 6.21. The van der Waals surface area contributed by atoms with Crippen molar-refractivity contribution < 1.29 is 9.59 Å². The summed E-state index contributed by atoms with van der Waals surface area (Å²) in [6.45, 7) is 2.17. The smallest absolute Gasteiger partial charge is 0.261 e. The molecule has 1 fully saturated rings. The summed E-state index contributed by atoms with van der Waals surface area (Å²) in [4.78, 5) is 24.9. The number of nitrogens with one attached hydrogen (secondary N) is 1. The van der Waals surface area contributed by atoms with Crippen molar-refractivity contribution in [1.82, 2.24) is 4.90 Å². The summed E-state index contributed by atoms with van der Waals surface area (Å²) in [6, 6.07) is 5.93. The van der Waals surface area contributed by atoms with Gasteiger partial charge in [0.2, 0.25) is 0 Å². The molecule has 0 aromatic heterocycles. The molecule has 2 amide bonds. The predicted molar refractivity (Wildman–Crippen MR) is 73.3 cm³/mol. The first-order valence-electron chi connectivity index (χ1n) is 6.84.